The van der Waals surface area contributed by atoms with Crippen molar-refractivity contribution in [2.45, 2.75) is 26.2 Å². The largest absolute Gasteiger partial charge is 0.507 e. The van der Waals surface area contributed by atoms with Gasteiger partial charge in [0, 0.05) is 0 Å². The lowest BCUT2D eigenvalue weighted by Crippen LogP contribution is -2.24. The minimum absolute atomic E-state index is 0.0800. The Bertz CT molecular complexity index is 765. The molecule has 0 aromatic heterocycles. The van der Waals surface area contributed by atoms with Crippen molar-refractivity contribution in [1.82, 2.24) is 5.43 Å². The van der Waals surface area contributed by atoms with Gasteiger partial charge in [-0.2, -0.15) is 5.10 Å². The fourth-order valence-corrected chi connectivity index (χ4v) is 2.55. The van der Waals surface area contributed by atoms with Crippen LogP contribution in [0.15, 0.2) is 47.6 Å². The average Bonchev–Trinajstić information content (AvgIpc) is 2.56. The summed E-state index contributed by atoms with van der Waals surface area (Å²) in [6.07, 6.45) is 1.51. The van der Waals surface area contributed by atoms with E-state index in [4.69, 9.17) is 4.74 Å². The van der Waals surface area contributed by atoms with Gasteiger partial charge in [-0.05, 0) is 69.5 Å². The van der Waals surface area contributed by atoms with E-state index in [9.17, 15) is 9.90 Å². The molecule has 0 unspecified atom stereocenters. The monoisotopic (exact) mass is 452 g/mol. The van der Waals surface area contributed by atoms with Gasteiger partial charge in [-0.25, -0.2) is 5.43 Å². The standard InChI is InChI=1S/C19H21IN2O3/c1-19(2,3)14-5-7-15(8-6-14)25-12-18(24)22-21-11-13-4-9-17(23)16(20)10-13/h4-11,23H,12H2,1-3H3,(H,22,24). The molecule has 0 spiro atoms. The van der Waals surface area contributed by atoms with Gasteiger partial charge in [0.1, 0.15) is 11.5 Å². The number of rotatable bonds is 5. The van der Waals surface area contributed by atoms with Crippen LogP contribution in [0.2, 0.25) is 0 Å². The summed E-state index contributed by atoms with van der Waals surface area (Å²) < 4.78 is 6.17. The lowest BCUT2D eigenvalue weighted by molar-refractivity contribution is -0.123. The van der Waals surface area contributed by atoms with E-state index in [-0.39, 0.29) is 23.7 Å². The first-order chi connectivity index (χ1) is 11.8. The van der Waals surface area contributed by atoms with Crippen LogP contribution in [0.1, 0.15) is 31.9 Å². The summed E-state index contributed by atoms with van der Waals surface area (Å²) in [5, 5.41) is 13.3. The van der Waals surface area contributed by atoms with Gasteiger partial charge in [-0.3, -0.25) is 4.79 Å². The van der Waals surface area contributed by atoms with Gasteiger partial charge in [-0.15, -0.1) is 0 Å². The van der Waals surface area contributed by atoms with E-state index in [0.29, 0.717) is 5.75 Å². The molecule has 5 nitrogen and oxygen atoms in total. The van der Waals surface area contributed by atoms with E-state index < -0.39 is 0 Å². The number of hydrogen-bond acceptors (Lipinski definition) is 4. The average molecular weight is 452 g/mol. The fourth-order valence-electron chi connectivity index (χ4n) is 2.01. The molecule has 6 heteroatoms. The molecule has 2 aromatic rings. The molecule has 0 saturated heterocycles. The Balaban J connectivity index is 1.82. The Kier molecular flexibility index (Phi) is 6.41. The molecule has 0 heterocycles. The molecule has 0 radical (unpaired) electrons. The number of aromatic hydroxyl groups is 1. The zero-order valence-corrected chi connectivity index (χ0v) is 16.6. The van der Waals surface area contributed by atoms with Crippen LogP contribution in [0.25, 0.3) is 0 Å². The Morgan fingerprint density at radius 1 is 1.24 bits per heavy atom. The van der Waals surface area contributed by atoms with Crippen molar-refractivity contribution >= 4 is 34.7 Å². The highest BCUT2D eigenvalue weighted by Gasteiger charge is 2.13. The number of phenolic OH excluding ortho intramolecular Hbond substituents is 1. The molecule has 0 fully saturated rings. The lowest BCUT2D eigenvalue weighted by atomic mass is 9.87. The van der Waals surface area contributed by atoms with E-state index in [1.54, 1.807) is 18.2 Å². The molecular formula is C19H21IN2O3. The van der Waals surface area contributed by atoms with Crippen LogP contribution in [-0.2, 0) is 10.2 Å². The van der Waals surface area contributed by atoms with Crippen LogP contribution in [-0.4, -0.2) is 23.8 Å². The summed E-state index contributed by atoms with van der Waals surface area (Å²) in [5.41, 5.74) is 4.48. The molecule has 0 aliphatic carbocycles. The van der Waals surface area contributed by atoms with Gasteiger partial charge >= 0.3 is 0 Å². The topological polar surface area (TPSA) is 70.9 Å². The van der Waals surface area contributed by atoms with Gasteiger partial charge in [-0.1, -0.05) is 32.9 Å². The first-order valence-electron chi connectivity index (χ1n) is 7.79. The highest BCUT2D eigenvalue weighted by atomic mass is 127. The molecule has 0 saturated carbocycles. The molecule has 2 rings (SSSR count). The zero-order chi connectivity index (χ0) is 18.4. The third-order valence-electron chi connectivity index (χ3n) is 3.46. The number of carbonyl (C=O) groups is 1. The van der Waals surface area contributed by atoms with Crippen molar-refractivity contribution in [1.29, 1.82) is 0 Å². The van der Waals surface area contributed by atoms with Crippen molar-refractivity contribution in [2.24, 2.45) is 5.10 Å². The molecule has 0 bridgehead atoms. The third kappa shape index (κ3) is 6.04. The summed E-state index contributed by atoms with van der Waals surface area (Å²) in [5.74, 6) is 0.512. The van der Waals surface area contributed by atoms with Crippen molar-refractivity contribution in [3.05, 3.63) is 57.2 Å². The van der Waals surface area contributed by atoms with Gasteiger partial charge in [0.05, 0.1) is 9.78 Å². The lowest BCUT2D eigenvalue weighted by Gasteiger charge is -2.19. The number of halogens is 1. The molecule has 2 N–H and O–H groups in total. The third-order valence-corrected chi connectivity index (χ3v) is 4.33. The highest BCUT2D eigenvalue weighted by molar-refractivity contribution is 14.1. The maximum atomic E-state index is 11.8. The summed E-state index contributed by atoms with van der Waals surface area (Å²) in [4.78, 5) is 11.8. The molecule has 0 aliphatic heterocycles. The Morgan fingerprint density at radius 2 is 1.92 bits per heavy atom. The van der Waals surface area contributed by atoms with Crippen molar-refractivity contribution in [3.8, 4) is 11.5 Å². The quantitative estimate of drug-likeness (QED) is 0.412. The predicted molar refractivity (Wildman–Crippen MR) is 107 cm³/mol. The summed E-state index contributed by atoms with van der Waals surface area (Å²) in [7, 11) is 0. The maximum absolute atomic E-state index is 11.8. The van der Waals surface area contributed by atoms with Gasteiger partial charge in [0.15, 0.2) is 6.61 Å². The van der Waals surface area contributed by atoms with Crippen LogP contribution < -0.4 is 10.2 Å². The summed E-state index contributed by atoms with van der Waals surface area (Å²) in [6, 6.07) is 12.8. The SMILES string of the molecule is CC(C)(C)c1ccc(OCC(=O)NN=Cc2ccc(O)c(I)c2)cc1. The van der Waals surface area contributed by atoms with Crippen LogP contribution in [0, 0.1) is 3.57 Å². The second kappa shape index (κ2) is 8.33. The first-order valence-corrected chi connectivity index (χ1v) is 8.87. The predicted octanol–water partition coefficient (Wildman–Crippen LogP) is 3.82. The number of ether oxygens (including phenoxy) is 1. The summed E-state index contributed by atoms with van der Waals surface area (Å²) in [6.45, 7) is 6.32. The van der Waals surface area contributed by atoms with Crippen LogP contribution in [0.4, 0.5) is 0 Å². The number of nitrogens with zero attached hydrogens (tertiary/aromatic N) is 1. The molecule has 0 aliphatic rings. The molecule has 132 valence electrons. The van der Waals surface area contributed by atoms with Gasteiger partial charge in [0.25, 0.3) is 5.91 Å². The second-order valence-corrected chi connectivity index (χ2v) is 7.73. The minimum Gasteiger partial charge on any atom is -0.507 e. The Morgan fingerprint density at radius 3 is 2.52 bits per heavy atom. The number of benzene rings is 2. The number of hydrogen-bond donors (Lipinski definition) is 2. The molecule has 2 aromatic carbocycles. The highest BCUT2D eigenvalue weighted by Crippen LogP contribution is 2.24. The normalized spacial score (nSPS) is 11.5. The molecule has 0 atom stereocenters. The van der Waals surface area contributed by atoms with E-state index in [2.05, 4.69) is 31.3 Å². The van der Waals surface area contributed by atoms with E-state index in [1.807, 2.05) is 46.9 Å². The Hall–Kier alpha value is -2.09. The number of nitrogens with one attached hydrogen (secondary N) is 1. The van der Waals surface area contributed by atoms with Crippen molar-refractivity contribution < 1.29 is 14.6 Å². The van der Waals surface area contributed by atoms with Crippen LogP contribution in [0.5, 0.6) is 11.5 Å². The van der Waals surface area contributed by atoms with Crippen molar-refractivity contribution in [2.75, 3.05) is 6.61 Å². The minimum atomic E-state index is -0.343. The molecular weight excluding hydrogens is 431 g/mol. The fraction of sp³-hybridized carbons (Fsp3) is 0.263. The van der Waals surface area contributed by atoms with Gasteiger partial charge in [0.2, 0.25) is 0 Å². The number of phenols is 1. The van der Waals surface area contributed by atoms with Crippen molar-refractivity contribution in [3.63, 3.8) is 0 Å². The number of carbonyl (C=O) groups excluding carboxylic acids is 1. The summed E-state index contributed by atoms with van der Waals surface area (Å²) >= 11 is 2.02. The smallest absolute Gasteiger partial charge is 0.277 e. The van der Waals surface area contributed by atoms with Gasteiger partial charge < -0.3 is 9.84 Å². The number of hydrazone groups is 1. The molecule has 25 heavy (non-hydrogen) atoms. The maximum Gasteiger partial charge on any atom is 0.277 e. The Labute approximate surface area is 161 Å². The van der Waals surface area contributed by atoms with E-state index in [1.165, 1.54) is 11.8 Å². The van der Waals surface area contributed by atoms with E-state index >= 15 is 0 Å². The second-order valence-electron chi connectivity index (χ2n) is 6.57. The zero-order valence-electron chi connectivity index (χ0n) is 14.4. The first kappa shape index (κ1) is 19.2. The van der Waals surface area contributed by atoms with Crippen LogP contribution in [0.3, 0.4) is 0 Å². The van der Waals surface area contributed by atoms with Crippen LogP contribution >= 0.6 is 22.6 Å². The van der Waals surface area contributed by atoms with E-state index in [0.717, 1.165) is 9.13 Å². The number of amides is 1. The molecule has 1 amide bonds.